The zero-order chi connectivity index (χ0) is 11.4. The fraction of sp³-hybridized carbons (Fsp3) is 0.556. The van der Waals surface area contributed by atoms with E-state index in [1.165, 1.54) is 10.8 Å². The maximum atomic E-state index is 11.3. The summed E-state index contributed by atoms with van der Waals surface area (Å²) in [4.78, 5) is 24.4. The number of aryl methyl sites for hydroxylation is 1. The number of H-pyrrole nitrogens is 1. The van der Waals surface area contributed by atoms with E-state index in [0.29, 0.717) is 5.56 Å². The molecule has 1 aromatic heterocycles. The van der Waals surface area contributed by atoms with Crippen molar-refractivity contribution in [3.05, 3.63) is 32.6 Å². The summed E-state index contributed by atoms with van der Waals surface area (Å²) in [6, 6.07) is 0. The molecular weight excluding hydrogens is 200 g/mol. The molecule has 0 aliphatic carbocycles. The number of hydrogen-bond acceptors (Lipinski definition) is 4. The van der Waals surface area contributed by atoms with Gasteiger partial charge in [0.15, 0.2) is 0 Å². The molecule has 0 bridgehead atoms. The Kier molecular flexibility index (Phi) is 3.81. The van der Waals surface area contributed by atoms with Crippen molar-refractivity contribution in [1.29, 1.82) is 0 Å². The highest BCUT2D eigenvalue weighted by Gasteiger charge is 2.07. The number of aromatic amines is 1. The Morgan fingerprint density at radius 1 is 1.53 bits per heavy atom. The number of aliphatic hydroxyl groups excluding tert-OH is 2. The van der Waals surface area contributed by atoms with Gasteiger partial charge in [0.05, 0.1) is 12.6 Å². The van der Waals surface area contributed by atoms with Gasteiger partial charge in [-0.3, -0.25) is 14.3 Å². The highest BCUT2D eigenvalue weighted by atomic mass is 16.3. The molecule has 0 aliphatic rings. The predicted octanol–water partition coefficient (Wildman–Crippen LogP) is -1.41. The first-order valence-electron chi connectivity index (χ1n) is 4.64. The van der Waals surface area contributed by atoms with E-state index in [9.17, 15) is 14.7 Å². The lowest BCUT2D eigenvalue weighted by atomic mass is 10.2. The molecule has 1 unspecified atom stereocenters. The molecule has 0 aliphatic heterocycles. The maximum Gasteiger partial charge on any atom is 0.328 e. The van der Waals surface area contributed by atoms with E-state index >= 15 is 0 Å². The van der Waals surface area contributed by atoms with Gasteiger partial charge in [0, 0.05) is 18.4 Å². The molecule has 0 spiro atoms. The van der Waals surface area contributed by atoms with Crippen LogP contribution >= 0.6 is 0 Å². The Hall–Kier alpha value is -1.40. The Bertz CT molecular complexity index is 434. The molecule has 0 aromatic carbocycles. The van der Waals surface area contributed by atoms with Crippen LogP contribution in [0, 0.1) is 6.92 Å². The van der Waals surface area contributed by atoms with Crippen LogP contribution in [0.15, 0.2) is 15.8 Å². The van der Waals surface area contributed by atoms with E-state index in [2.05, 4.69) is 4.98 Å². The molecule has 3 N–H and O–H groups in total. The second-order valence-corrected chi connectivity index (χ2v) is 3.39. The summed E-state index contributed by atoms with van der Waals surface area (Å²) in [5, 5.41) is 18.0. The first kappa shape index (κ1) is 11.7. The summed E-state index contributed by atoms with van der Waals surface area (Å²) >= 11 is 0. The van der Waals surface area contributed by atoms with E-state index in [1.54, 1.807) is 6.92 Å². The van der Waals surface area contributed by atoms with Crippen molar-refractivity contribution in [2.45, 2.75) is 26.0 Å². The van der Waals surface area contributed by atoms with Crippen molar-refractivity contribution in [1.82, 2.24) is 9.55 Å². The van der Waals surface area contributed by atoms with Gasteiger partial charge in [-0.2, -0.15) is 0 Å². The molecule has 0 saturated carbocycles. The van der Waals surface area contributed by atoms with Crippen LogP contribution in [-0.4, -0.2) is 32.5 Å². The van der Waals surface area contributed by atoms with E-state index in [0.717, 1.165) is 0 Å². The van der Waals surface area contributed by atoms with Crippen LogP contribution in [0.4, 0.5) is 0 Å². The highest BCUT2D eigenvalue weighted by Crippen LogP contribution is 1.94. The molecule has 6 heteroatoms. The third-order valence-corrected chi connectivity index (χ3v) is 2.06. The van der Waals surface area contributed by atoms with Gasteiger partial charge in [-0.05, 0) is 13.3 Å². The summed E-state index contributed by atoms with van der Waals surface area (Å²) in [7, 11) is 0. The van der Waals surface area contributed by atoms with Crippen molar-refractivity contribution in [3.63, 3.8) is 0 Å². The molecule has 0 saturated heterocycles. The Balaban J connectivity index is 2.91. The van der Waals surface area contributed by atoms with Crippen LogP contribution in [-0.2, 0) is 6.54 Å². The molecule has 1 heterocycles. The first-order chi connectivity index (χ1) is 7.04. The first-order valence-corrected chi connectivity index (χ1v) is 4.64. The largest absolute Gasteiger partial charge is 0.396 e. The third kappa shape index (κ3) is 3.03. The van der Waals surface area contributed by atoms with Crippen LogP contribution in [0.1, 0.15) is 12.0 Å². The fourth-order valence-electron chi connectivity index (χ4n) is 1.22. The molecule has 0 amide bonds. The minimum Gasteiger partial charge on any atom is -0.396 e. The molecular formula is C9H14N2O4. The van der Waals surface area contributed by atoms with Gasteiger partial charge in [0.1, 0.15) is 0 Å². The van der Waals surface area contributed by atoms with Gasteiger partial charge in [-0.1, -0.05) is 0 Å². The lowest BCUT2D eigenvalue weighted by Gasteiger charge is -2.10. The van der Waals surface area contributed by atoms with Crippen LogP contribution in [0.25, 0.3) is 0 Å². The summed E-state index contributed by atoms with van der Waals surface area (Å²) in [5.41, 5.74) is -0.568. The van der Waals surface area contributed by atoms with E-state index in [-0.39, 0.29) is 19.6 Å². The molecule has 0 fully saturated rings. The second kappa shape index (κ2) is 4.90. The van der Waals surface area contributed by atoms with Crippen LogP contribution in [0.2, 0.25) is 0 Å². The lowest BCUT2D eigenvalue weighted by molar-refractivity contribution is 0.115. The number of hydrogen-bond donors (Lipinski definition) is 3. The van der Waals surface area contributed by atoms with Gasteiger partial charge in [-0.25, -0.2) is 4.79 Å². The molecule has 84 valence electrons. The second-order valence-electron chi connectivity index (χ2n) is 3.39. The normalized spacial score (nSPS) is 12.7. The van der Waals surface area contributed by atoms with Gasteiger partial charge in [0.2, 0.25) is 0 Å². The van der Waals surface area contributed by atoms with Crippen molar-refractivity contribution >= 4 is 0 Å². The number of rotatable bonds is 4. The van der Waals surface area contributed by atoms with E-state index < -0.39 is 17.4 Å². The van der Waals surface area contributed by atoms with Crippen molar-refractivity contribution < 1.29 is 10.2 Å². The third-order valence-electron chi connectivity index (χ3n) is 2.06. The summed E-state index contributed by atoms with van der Waals surface area (Å²) in [5.74, 6) is 0. The predicted molar refractivity (Wildman–Crippen MR) is 53.8 cm³/mol. The zero-order valence-corrected chi connectivity index (χ0v) is 8.43. The number of aromatic nitrogens is 2. The summed E-state index contributed by atoms with van der Waals surface area (Å²) < 4.78 is 1.22. The van der Waals surface area contributed by atoms with Crippen molar-refractivity contribution in [2.75, 3.05) is 6.61 Å². The van der Waals surface area contributed by atoms with Crippen LogP contribution < -0.4 is 11.2 Å². The van der Waals surface area contributed by atoms with Gasteiger partial charge < -0.3 is 10.2 Å². The van der Waals surface area contributed by atoms with Crippen LogP contribution in [0.5, 0.6) is 0 Å². The number of nitrogens with zero attached hydrogens (tertiary/aromatic N) is 1. The molecule has 1 atom stereocenters. The summed E-state index contributed by atoms with van der Waals surface area (Å²) in [6.45, 7) is 1.50. The maximum absolute atomic E-state index is 11.3. The summed E-state index contributed by atoms with van der Waals surface area (Å²) in [6.07, 6.45) is 0.796. The smallest absolute Gasteiger partial charge is 0.328 e. The van der Waals surface area contributed by atoms with Crippen LogP contribution in [0.3, 0.4) is 0 Å². The Morgan fingerprint density at radius 2 is 2.20 bits per heavy atom. The van der Waals surface area contributed by atoms with Crippen molar-refractivity contribution in [2.24, 2.45) is 0 Å². The Labute approximate surface area is 85.8 Å². The lowest BCUT2D eigenvalue weighted by Crippen LogP contribution is -2.34. The average Bonchev–Trinajstić information content (AvgIpc) is 2.14. The van der Waals surface area contributed by atoms with Gasteiger partial charge >= 0.3 is 5.69 Å². The molecule has 1 aromatic rings. The fourth-order valence-corrected chi connectivity index (χ4v) is 1.22. The minimum atomic E-state index is -0.794. The highest BCUT2D eigenvalue weighted by molar-refractivity contribution is 5.00. The monoisotopic (exact) mass is 214 g/mol. The molecule has 0 radical (unpaired) electrons. The SMILES string of the molecule is Cc1cn(CC(O)CCO)c(=O)[nH]c1=O. The zero-order valence-electron chi connectivity index (χ0n) is 8.43. The molecule has 1 rings (SSSR count). The van der Waals surface area contributed by atoms with Gasteiger partial charge in [0.25, 0.3) is 5.56 Å². The minimum absolute atomic E-state index is 0.0665. The molecule has 6 nitrogen and oxygen atoms in total. The van der Waals surface area contributed by atoms with E-state index in [4.69, 9.17) is 5.11 Å². The molecule has 15 heavy (non-hydrogen) atoms. The van der Waals surface area contributed by atoms with E-state index in [1.807, 2.05) is 0 Å². The number of nitrogens with one attached hydrogen (secondary N) is 1. The Morgan fingerprint density at radius 3 is 2.80 bits per heavy atom. The standard InChI is InChI=1S/C9H14N2O4/c1-6-4-11(5-7(13)2-3-12)9(15)10-8(6)14/h4,7,12-13H,2-3,5H2,1H3,(H,10,14,15). The average molecular weight is 214 g/mol. The van der Waals surface area contributed by atoms with Gasteiger partial charge in [-0.15, -0.1) is 0 Å². The van der Waals surface area contributed by atoms with Crippen molar-refractivity contribution in [3.8, 4) is 0 Å². The topological polar surface area (TPSA) is 95.3 Å². The quantitative estimate of drug-likeness (QED) is 0.573. The number of aliphatic hydroxyl groups is 2.